The fourth-order valence-corrected chi connectivity index (χ4v) is 1.86. The van der Waals surface area contributed by atoms with E-state index in [1.165, 1.54) is 0 Å². The molecule has 0 radical (unpaired) electrons. The summed E-state index contributed by atoms with van der Waals surface area (Å²) in [5.41, 5.74) is 1.42. The van der Waals surface area contributed by atoms with E-state index in [0.717, 1.165) is 31.6 Å². The van der Waals surface area contributed by atoms with Gasteiger partial charge in [-0.3, -0.25) is 9.78 Å². The van der Waals surface area contributed by atoms with Crippen LogP contribution in [0.5, 0.6) is 0 Å². The van der Waals surface area contributed by atoms with Crippen LogP contribution in [0.25, 0.3) is 0 Å². The molecule has 1 aromatic heterocycles. The highest BCUT2D eigenvalue weighted by atomic mass is 16.1. The van der Waals surface area contributed by atoms with Crippen LogP contribution < -0.4 is 10.6 Å². The number of amides is 1. The number of hydrogen-bond acceptors (Lipinski definition) is 4. The van der Waals surface area contributed by atoms with Crippen LogP contribution in [0.15, 0.2) is 18.3 Å². The third-order valence-electron chi connectivity index (χ3n) is 3.11. The van der Waals surface area contributed by atoms with Crippen LogP contribution in [0.4, 0.5) is 5.69 Å². The van der Waals surface area contributed by atoms with Gasteiger partial charge in [-0.15, -0.1) is 0 Å². The van der Waals surface area contributed by atoms with Crippen LogP contribution in [-0.2, 0) is 0 Å². The zero-order chi connectivity index (χ0) is 15.7. The highest BCUT2D eigenvalue weighted by molar-refractivity contribution is 5.93. The van der Waals surface area contributed by atoms with Crippen LogP contribution in [0, 0.1) is 5.92 Å². The molecule has 1 rings (SSSR count). The second-order valence-electron chi connectivity index (χ2n) is 5.95. The van der Waals surface area contributed by atoms with E-state index in [-0.39, 0.29) is 5.91 Å². The van der Waals surface area contributed by atoms with Gasteiger partial charge in [0.15, 0.2) is 0 Å². The number of carbonyl (C=O) groups is 1. The largest absolute Gasteiger partial charge is 0.385 e. The summed E-state index contributed by atoms with van der Waals surface area (Å²) >= 11 is 0. The van der Waals surface area contributed by atoms with E-state index in [9.17, 15) is 4.79 Å². The average Bonchev–Trinajstić information content (AvgIpc) is 2.43. The Morgan fingerprint density at radius 2 is 2.10 bits per heavy atom. The fourth-order valence-electron chi connectivity index (χ4n) is 1.86. The zero-order valence-electron chi connectivity index (χ0n) is 13.6. The van der Waals surface area contributed by atoms with Crippen molar-refractivity contribution < 1.29 is 4.79 Å². The first-order chi connectivity index (χ1) is 9.99. The van der Waals surface area contributed by atoms with Crippen molar-refractivity contribution in [3.63, 3.8) is 0 Å². The van der Waals surface area contributed by atoms with Crippen molar-refractivity contribution in [1.82, 2.24) is 15.2 Å². The van der Waals surface area contributed by atoms with Crippen molar-refractivity contribution in [2.75, 3.05) is 39.0 Å². The minimum Gasteiger partial charge on any atom is -0.385 e. The van der Waals surface area contributed by atoms with Gasteiger partial charge in [0, 0.05) is 25.0 Å². The smallest absolute Gasteiger partial charge is 0.269 e. The summed E-state index contributed by atoms with van der Waals surface area (Å²) in [6, 6.07) is 3.70. The van der Waals surface area contributed by atoms with Crippen molar-refractivity contribution in [1.29, 1.82) is 0 Å². The quantitative estimate of drug-likeness (QED) is 0.685. The van der Waals surface area contributed by atoms with Crippen molar-refractivity contribution in [3.05, 3.63) is 24.0 Å². The Hall–Kier alpha value is -1.62. The molecule has 0 unspecified atom stereocenters. The summed E-state index contributed by atoms with van der Waals surface area (Å²) in [6.45, 7) is 6.93. The molecule has 5 nitrogen and oxygen atoms in total. The summed E-state index contributed by atoms with van der Waals surface area (Å²) in [4.78, 5) is 18.2. The zero-order valence-corrected chi connectivity index (χ0v) is 13.6. The molecule has 0 aliphatic heterocycles. The minimum atomic E-state index is -0.110. The highest BCUT2D eigenvalue weighted by Crippen LogP contribution is 2.09. The number of nitrogens with one attached hydrogen (secondary N) is 2. The predicted molar refractivity (Wildman–Crippen MR) is 87.7 cm³/mol. The number of pyridine rings is 1. The molecular formula is C16H28N4O. The van der Waals surface area contributed by atoms with Crippen LogP contribution in [0.2, 0.25) is 0 Å². The van der Waals surface area contributed by atoms with Gasteiger partial charge in [-0.2, -0.15) is 0 Å². The first-order valence-electron chi connectivity index (χ1n) is 7.62. The maximum Gasteiger partial charge on any atom is 0.269 e. The standard InChI is InChI=1S/C16H28N4O/c1-13(2)6-9-17-14-7-10-18-15(12-14)16(21)19-8-5-11-20(3)4/h7,10,12-13H,5-6,8-9,11H2,1-4H3,(H,17,18)(H,19,21). The van der Waals surface area contributed by atoms with Crippen LogP contribution >= 0.6 is 0 Å². The number of carbonyl (C=O) groups excluding carboxylic acids is 1. The Bertz CT molecular complexity index is 432. The molecule has 21 heavy (non-hydrogen) atoms. The van der Waals surface area contributed by atoms with Gasteiger partial charge >= 0.3 is 0 Å². The van der Waals surface area contributed by atoms with E-state index in [4.69, 9.17) is 0 Å². The third-order valence-corrected chi connectivity index (χ3v) is 3.11. The first kappa shape index (κ1) is 17.4. The number of anilines is 1. The number of hydrogen-bond donors (Lipinski definition) is 2. The molecular weight excluding hydrogens is 264 g/mol. The number of rotatable bonds is 9. The maximum absolute atomic E-state index is 12.0. The van der Waals surface area contributed by atoms with E-state index < -0.39 is 0 Å². The van der Waals surface area contributed by atoms with Gasteiger partial charge in [-0.25, -0.2) is 0 Å². The summed E-state index contributed by atoms with van der Waals surface area (Å²) in [5, 5.41) is 6.23. The SMILES string of the molecule is CC(C)CCNc1ccnc(C(=O)NCCCN(C)C)c1. The van der Waals surface area contributed by atoms with Gasteiger partial charge in [-0.1, -0.05) is 13.8 Å². The van der Waals surface area contributed by atoms with Gasteiger partial charge in [0.25, 0.3) is 5.91 Å². The Kier molecular flexibility index (Phi) is 7.75. The Morgan fingerprint density at radius 3 is 2.76 bits per heavy atom. The molecule has 0 saturated carbocycles. The second-order valence-corrected chi connectivity index (χ2v) is 5.95. The molecule has 1 amide bonds. The van der Waals surface area contributed by atoms with Crippen molar-refractivity contribution >= 4 is 11.6 Å². The molecule has 0 saturated heterocycles. The molecule has 118 valence electrons. The van der Waals surface area contributed by atoms with Crippen molar-refractivity contribution in [2.45, 2.75) is 26.7 Å². The summed E-state index contributed by atoms with van der Waals surface area (Å²) < 4.78 is 0. The van der Waals surface area contributed by atoms with Gasteiger partial charge in [0.05, 0.1) is 0 Å². The van der Waals surface area contributed by atoms with E-state index in [0.29, 0.717) is 18.2 Å². The van der Waals surface area contributed by atoms with Crippen LogP contribution in [0.3, 0.4) is 0 Å². The monoisotopic (exact) mass is 292 g/mol. The summed E-state index contributed by atoms with van der Waals surface area (Å²) in [5.74, 6) is 0.556. The number of aromatic nitrogens is 1. The second kappa shape index (κ2) is 9.34. The Labute approximate surface area is 128 Å². The van der Waals surface area contributed by atoms with Gasteiger partial charge in [0.2, 0.25) is 0 Å². The lowest BCUT2D eigenvalue weighted by Crippen LogP contribution is -2.27. The van der Waals surface area contributed by atoms with Crippen molar-refractivity contribution in [3.8, 4) is 0 Å². The lowest BCUT2D eigenvalue weighted by atomic mass is 10.1. The van der Waals surface area contributed by atoms with Crippen LogP contribution in [0.1, 0.15) is 37.2 Å². The molecule has 2 N–H and O–H groups in total. The molecule has 1 heterocycles. The summed E-state index contributed by atoms with van der Waals surface area (Å²) in [7, 11) is 4.05. The third kappa shape index (κ3) is 7.66. The molecule has 0 atom stereocenters. The van der Waals surface area contributed by atoms with E-state index >= 15 is 0 Å². The topological polar surface area (TPSA) is 57.3 Å². The van der Waals surface area contributed by atoms with E-state index in [1.54, 1.807) is 6.20 Å². The van der Waals surface area contributed by atoms with E-state index in [1.807, 2.05) is 26.2 Å². The molecule has 5 heteroatoms. The van der Waals surface area contributed by atoms with Gasteiger partial charge in [0.1, 0.15) is 5.69 Å². The highest BCUT2D eigenvalue weighted by Gasteiger charge is 2.07. The maximum atomic E-state index is 12.0. The average molecular weight is 292 g/mol. The van der Waals surface area contributed by atoms with E-state index in [2.05, 4.69) is 34.4 Å². The van der Waals surface area contributed by atoms with Gasteiger partial charge in [-0.05, 0) is 51.5 Å². The normalized spacial score (nSPS) is 11.0. The van der Waals surface area contributed by atoms with Gasteiger partial charge < -0.3 is 15.5 Å². The molecule has 0 aliphatic carbocycles. The fraction of sp³-hybridized carbons (Fsp3) is 0.625. The lowest BCUT2D eigenvalue weighted by molar-refractivity contribution is 0.0947. The molecule has 0 aromatic carbocycles. The number of nitrogens with zero attached hydrogens (tertiary/aromatic N) is 2. The minimum absolute atomic E-state index is 0.110. The molecule has 0 fully saturated rings. The Balaban J connectivity index is 2.41. The molecule has 0 aliphatic rings. The molecule has 1 aromatic rings. The van der Waals surface area contributed by atoms with Crippen molar-refractivity contribution in [2.24, 2.45) is 5.92 Å². The molecule has 0 bridgehead atoms. The molecule has 0 spiro atoms. The first-order valence-corrected chi connectivity index (χ1v) is 7.62. The van der Waals surface area contributed by atoms with Crippen LogP contribution in [-0.4, -0.2) is 49.5 Å². The summed E-state index contributed by atoms with van der Waals surface area (Å²) in [6.07, 6.45) is 3.71. The lowest BCUT2D eigenvalue weighted by Gasteiger charge is -2.11. The Morgan fingerprint density at radius 1 is 1.33 bits per heavy atom. The predicted octanol–water partition coefficient (Wildman–Crippen LogP) is 2.22.